The van der Waals surface area contributed by atoms with Crippen LogP contribution in [0.1, 0.15) is 51.4 Å². The van der Waals surface area contributed by atoms with Gasteiger partial charge in [-0.1, -0.05) is 37.5 Å². The summed E-state index contributed by atoms with van der Waals surface area (Å²) < 4.78 is 10.7. The maximum atomic E-state index is 12.0. The van der Waals surface area contributed by atoms with Crippen LogP contribution in [-0.4, -0.2) is 30.4 Å². The van der Waals surface area contributed by atoms with E-state index in [0.29, 0.717) is 17.9 Å². The van der Waals surface area contributed by atoms with Crippen molar-refractivity contribution in [1.29, 1.82) is 0 Å². The molecule has 0 atom stereocenters. The summed E-state index contributed by atoms with van der Waals surface area (Å²) in [6.45, 7) is -0.366. The molecule has 0 saturated heterocycles. The summed E-state index contributed by atoms with van der Waals surface area (Å²) in [4.78, 5) is 35.8. The van der Waals surface area contributed by atoms with Crippen molar-refractivity contribution in [3.8, 4) is 11.5 Å². The summed E-state index contributed by atoms with van der Waals surface area (Å²) in [5, 5.41) is 5.70. The molecule has 2 aromatic carbocycles. The molecule has 0 heterocycles. The minimum atomic E-state index is -0.489. The molecule has 2 N–H and O–H groups in total. The third-order valence-corrected chi connectivity index (χ3v) is 5.24. The number of carbonyl (C=O) groups is 3. The molecule has 0 spiro atoms. The fraction of sp³-hybridized carbons (Fsp3) is 0.400. The van der Waals surface area contributed by atoms with Crippen molar-refractivity contribution in [2.45, 2.75) is 57.4 Å². The molecule has 1 aliphatic carbocycles. The topological polar surface area (TPSA) is 93.7 Å². The van der Waals surface area contributed by atoms with E-state index in [0.717, 1.165) is 31.4 Å². The number of hydrogen-bond acceptors (Lipinski definition) is 5. The number of benzene rings is 2. The third-order valence-electron chi connectivity index (χ3n) is 5.24. The molecule has 0 bridgehead atoms. The van der Waals surface area contributed by atoms with E-state index in [1.165, 1.54) is 6.42 Å². The van der Waals surface area contributed by atoms with Crippen LogP contribution in [0, 0.1) is 0 Å². The van der Waals surface area contributed by atoms with E-state index in [1.807, 2.05) is 30.3 Å². The van der Waals surface area contributed by atoms with Gasteiger partial charge < -0.3 is 20.1 Å². The number of ether oxygens (including phenoxy) is 2. The first kappa shape index (κ1) is 23.3. The molecule has 0 aliphatic heterocycles. The zero-order valence-electron chi connectivity index (χ0n) is 18.2. The van der Waals surface area contributed by atoms with Gasteiger partial charge in [0.05, 0.1) is 0 Å². The Balaban J connectivity index is 1.29. The van der Waals surface area contributed by atoms with Crippen LogP contribution < -0.4 is 15.4 Å². The van der Waals surface area contributed by atoms with Crippen LogP contribution in [0.25, 0.3) is 0 Å². The number of carbonyl (C=O) groups excluding carboxylic acids is 3. The number of anilines is 1. The Morgan fingerprint density at radius 2 is 1.50 bits per heavy atom. The van der Waals surface area contributed by atoms with Crippen molar-refractivity contribution in [1.82, 2.24) is 5.32 Å². The summed E-state index contributed by atoms with van der Waals surface area (Å²) >= 11 is 0. The van der Waals surface area contributed by atoms with Gasteiger partial charge in [0.15, 0.2) is 6.61 Å². The summed E-state index contributed by atoms with van der Waals surface area (Å²) in [6.07, 6.45) is 6.42. The molecule has 2 amide bonds. The van der Waals surface area contributed by atoms with Crippen LogP contribution in [0.2, 0.25) is 0 Å². The lowest BCUT2D eigenvalue weighted by molar-refractivity contribution is -0.147. The van der Waals surface area contributed by atoms with Crippen LogP contribution in [0.3, 0.4) is 0 Å². The van der Waals surface area contributed by atoms with Gasteiger partial charge in [0, 0.05) is 24.6 Å². The first-order valence-electron chi connectivity index (χ1n) is 11.2. The van der Waals surface area contributed by atoms with Gasteiger partial charge in [-0.3, -0.25) is 14.4 Å². The standard InChI is InChI=1S/C25H30N2O5/c28-23(26-19-8-3-1-4-9-19)12-7-13-25(30)31-18-24(29)27-20-14-16-22(17-15-20)32-21-10-5-2-6-11-21/h2,5-6,10-11,14-17,19H,1,3-4,7-9,12-13,18H2,(H,26,28)(H,27,29). The van der Waals surface area contributed by atoms with Gasteiger partial charge in [-0.2, -0.15) is 0 Å². The predicted octanol–water partition coefficient (Wildman–Crippen LogP) is 4.58. The number of para-hydroxylation sites is 1. The van der Waals surface area contributed by atoms with E-state index in [4.69, 9.17) is 9.47 Å². The molecule has 1 fully saturated rings. The number of amides is 2. The molecule has 1 saturated carbocycles. The second-order valence-corrected chi connectivity index (χ2v) is 7.90. The van der Waals surface area contributed by atoms with Crippen LogP contribution in [0.15, 0.2) is 54.6 Å². The molecule has 3 rings (SSSR count). The molecule has 0 radical (unpaired) electrons. The SMILES string of the molecule is O=C(COC(=O)CCCC(=O)NC1CCCCC1)Nc1ccc(Oc2ccccc2)cc1. The Kier molecular flexibility index (Phi) is 9.10. The van der Waals surface area contributed by atoms with E-state index in [9.17, 15) is 14.4 Å². The number of hydrogen-bond donors (Lipinski definition) is 2. The van der Waals surface area contributed by atoms with Crippen molar-refractivity contribution in [3.05, 3.63) is 54.6 Å². The lowest BCUT2D eigenvalue weighted by Crippen LogP contribution is -2.36. The zero-order valence-corrected chi connectivity index (χ0v) is 18.2. The van der Waals surface area contributed by atoms with Crippen molar-refractivity contribution in [2.75, 3.05) is 11.9 Å². The minimum Gasteiger partial charge on any atom is -0.457 e. The van der Waals surface area contributed by atoms with Gasteiger partial charge in [-0.05, 0) is 55.7 Å². The van der Waals surface area contributed by atoms with Crippen LogP contribution in [-0.2, 0) is 19.1 Å². The van der Waals surface area contributed by atoms with E-state index in [2.05, 4.69) is 10.6 Å². The number of nitrogens with one attached hydrogen (secondary N) is 2. The normalized spacial score (nSPS) is 13.8. The third kappa shape index (κ3) is 8.41. The maximum Gasteiger partial charge on any atom is 0.306 e. The van der Waals surface area contributed by atoms with Gasteiger partial charge in [0.1, 0.15) is 11.5 Å². The Labute approximate surface area is 188 Å². The quantitative estimate of drug-likeness (QED) is 0.530. The Hall–Kier alpha value is -3.35. The van der Waals surface area contributed by atoms with E-state index in [1.54, 1.807) is 24.3 Å². The molecular formula is C25H30N2O5. The average molecular weight is 439 g/mol. The molecule has 170 valence electrons. The van der Waals surface area contributed by atoms with Gasteiger partial charge in [0.25, 0.3) is 5.91 Å². The number of esters is 1. The van der Waals surface area contributed by atoms with E-state index >= 15 is 0 Å². The Morgan fingerprint density at radius 3 is 2.22 bits per heavy atom. The lowest BCUT2D eigenvalue weighted by Gasteiger charge is -2.22. The largest absolute Gasteiger partial charge is 0.457 e. The summed E-state index contributed by atoms with van der Waals surface area (Å²) in [6, 6.07) is 16.6. The first-order valence-corrected chi connectivity index (χ1v) is 11.2. The highest BCUT2D eigenvalue weighted by Crippen LogP contribution is 2.22. The summed E-state index contributed by atoms with van der Waals surface area (Å²) in [7, 11) is 0. The van der Waals surface area contributed by atoms with Crippen molar-refractivity contribution in [2.24, 2.45) is 0 Å². The predicted molar refractivity (Wildman–Crippen MR) is 121 cm³/mol. The van der Waals surface area contributed by atoms with Crippen LogP contribution >= 0.6 is 0 Å². The highest BCUT2D eigenvalue weighted by Gasteiger charge is 2.16. The van der Waals surface area contributed by atoms with Gasteiger partial charge in [-0.15, -0.1) is 0 Å². The molecule has 0 aromatic heterocycles. The van der Waals surface area contributed by atoms with Crippen molar-refractivity contribution < 1.29 is 23.9 Å². The highest BCUT2D eigenvalue weighted by atomic mass is 16.5. The molecule has 7 heteroatoms. The van der Waals surface area contributed by atoms with Gasteiger partial charge in [0.2, 0.25) is 5.91 Å². The second-order valence-electron chi connectivity index (χ2n) is 7.90. The Bertz CT molecular complexity index is 877. The molecule has 7 nitrogen and oxygen atoms in total. The summed E-state index contributed by atoms with van der Waals surface area (Å²) in [5.74, 6) is 0.431. The molecule has 32 heavy (non-hydrogen) atoms. The van der Waals surface area contributed by atoms with Crippen molar-refractivity contribution >= 4 is 23.5 Å². The monoisotopic (exact) mass is 438 g/mol. The lowest BCUT2D eigenvalue weighted by atomic mass is 9.95. The molecule has 2 aromatic rings. The zero-order chi connectivity index (χ0) is 22.6. The second kappa shape index (κ2) is 12.5. The smallest absolute Gasteiger partial charge is 0.306 e. The van der Waals surface area contributed by atoms with Gasteiger partial charge >= 0.3 is 5.97 Å². The van der Waals surface area contributed by atoms with E-state index < -0.39 is 11.9 Å². The average Bonchev–Trinajstić information content (AvgIpc) is 2.80. The van der Waals surface area contributed by atoms with Crippen molar-refractivity contribution in [3.63, 3.8) is 0 Å². The molecular weight excluding hydrogens is 408 g/mol. The fourth-order valence-corrected chi connectivity index (χ4v) is 3.59. The maximum absolute atomic E-state index is 12.0. The first-order chi connectivity index (χ1) is 15.6. The Morgan fingerprint density at radius 1 is 0.812 bits per heavy atom. The molecule has 1 aliphatic rings. The van der Waals surface area contributed by atoms with Crippen LogP contribution in [0.4, 0.5) is 5.69 Å². The van der Waals surface area contributed by atoms with Gasteiger partial charge in [-0.25, -0.2) is 0 Å². The molecule has 0 unspecified atom stereocenters. The fourth-order valence-electron chi connectivity index (χ4n) is 3.59. The highest BCUT2D eigenvalue weighted by molar-refractivity contribution is 5.92. The van der Waals surface area contributed by atoms with Crippen LogP contribution in [0.5, 0.6) is 11.5 Å². The number of rotatable bonds is 10. The summed E-state index contributed by atoms with van der Waals surface area (Å²) in [5.41, 5.74) is 0.575. The minimum absolute atomic E-state index is 0.0258. The van der Waals surface area contributed by atoms with E-state index in [-0.39, 0.29) is 31.4 Å².